The van der Waals surface area contributed by atoms with Crippen LogP contribution in [0.1, 0.15) is 18.1 Å². The van der Waals surface area contributed by atoms with E-state index in [-0.39, 0.29) is 6.10 Å². The molecule has 19 heavy (non-hydrogen) atoms. The molecule has 0 bridgehead atoms. The normalized spacial score (nSPS) is 12.6. The van der Waals surface area contributed by atoms with Gasteiger partial charge in [-0.15, -0.1) is 0 Å². The van der Waals surface area contributed by atoms with Crippen molar-refractivity contribution in [1.82, 2.24) is 4.90 Å². The van der Waals surface area contributed by atoms with Crippen LogP contribution in [0.4, 0.5) is 0 Å². The highest BCUT2D eigenvalue weighted by atomic mass is 16.3. The molecule has 0 fully saturated rings. The van der Waals surface area contributed by atoms with Crippen molar-refractivity contribution in [1.29, 1.82) is 0 Å². The van der Waals surface area contributed by atoms with Crippen molar-refractivity contribution in [2.75, 3.05) is 6.54 Å². The van der Waals surface area contributed by atoms with E-state index in [9.17, 15) is 5.11 Å². The fourth-order valence-electron chi connectivity index (χ4n) is 2.24. The minimum atomic E-state index is -0.313. The van der Waals surface area contributed by atoms with Crippen LogP contribution >= 0.6 is 0 Å². The maximum atomic E-state index is 9.64. The maximum absolute atomic E-state index is 9.64. The number of nitrogens with zero attached hydrogens (tertiary/aromatic N) is 1. The Morgan fingerprint density at radius 3 is 1.63 bits per heavy atom. The molecule has 2 aromatic carbocycles. The predicted molar refractivity (Wildman–Crippen MR) is 78.7 cm³/mol. The van der Waals surface area contributed by atoms with Crippen molar-refractivity contribution in [3.8, 4) is 0 Å². The van der Waals surface area contributed by atoms with Crippen LogP contribution in [0.5, 0.6) is 0 Å². The molecule has 1 N–H and O–H groups in total. The predicted octanol–water partition coefficient (Wildman–Crippen LogP) is 3.07. The molecule has 2 heteroatoms. The lowest BCUT2D eigenvalue weighted by atomic mass is 10.1. The van der Waals surface area contributed by atoms with Gasteiger partial charge in [0, 0.05) is 19.6 Å². The van der Waals surface area contributed by atoms with Gasteiger partial charge in [-0.2, -0.15) is 0 Å². The fourth-order valence-corrected chi connectivity index (χ4v) is 2.24. The first kappa shape index (κ1) is 13.8. The molecule has 0 aliphatic heterocycles. The van der Waals surface area contributed by atoms with E-state index in [1.807, 2.05) is 19.1 Å². The zero-order valence-electron chi connectivity index (χ0n) is 11.4. The first-order valence-corrected chi connectivity index (χ1v) is 6.72. The summed E-state index contributed by atoms with van der Waals surface area (Å²) in [5.74, 6) is 0. The van der Waals surface area contributed by atoms with Gasteiger partial charge < -0.3 is 5.11 Å². The van der Waals surface area contributed by atoms with Gasteiger partial charge >= 0.3 is 0 Å². The molecule has 0 heterocycles. The second kappa shape index (κ2) is 7.07. The molecule has 0 aliphatic rings. The van der Waals surface area contributed by atoms with Crippen molar-refractivity contribution < 1.29 is 5.11 Å². The molecule has 0 aromatic heterocycles. The second-order valence-electron chi connectivity index (χ2n) is 4.99. The summed E-state index contributed by atoms with van der Waals surface area (Å²) in [6.07, 6.45) is -0.313. The average molecular weight is 255 g/mol. The van der Waals surface area contributed by atoms with Crippen molar-refractivity contribution >= 4 is 0 Å². The van der Waals surface area contributed by atoms with Gasteiger partial charge in [0.2, 0.25) is 0 Å². The smallest absolute Gasteiger partial charge is 0.0639 e. The molecular weight excluding hydrogens is 234 g/mol. The molecule has 1 atom stereocenters. The van der Waals surface area contributed by atoms with Crippen LogP contribution < -0.4 is 0 Å². The summed E-state index contributed by atoms with van der Waals surface area (Å²) in [7, 11) is 0. The van der Waals surface area contributed by atoms with Crippen molar-refractivity contribution in [3.05, 3.63) is 71.8 Å². The third kappa shape index (κ3) is 4.86. The summed E-state index contributed by atoms with van der Waals surface area (Å²) in [5, 5.41) is 9.64. The number of aliphatic hydroxyl groups is 1. The Balaban J connectivity index is 2.03. The molecule has 1 unspecified atom stereocenters. The Morgan fingerprint density at radius 1 is 0.842 bits per heavy atom. The molecule has 0 saturated carbocycles. The molecule has 100 valence electrons. The van der Waals surface area contributed by atoms with E-state index >= 15 is 0 Å². The molecule has 0 spiro atoms. The lowest BCUT2D eigenvalue weighted by Crippen LogP contribution is -2.30. The van der Waals surface area contributed by atoms with Gasteiger partial charge in [-0.3, -0.25) is 4.90 Å². The Bertz CT molecular complexity index is 426. The van der Waals surface area contributed by atoms with Crippen LogP contribution in [0.2, 0.25) is 0 Å². The molecule has 0 aliphatic carbocycles. The average Bonchev–Trinajstić information content (AvgIpc) is 2.40. The van der Waals surface area contributed by atoms with Crippen LogP contribution in [0, 0.1) is 0 Å². The minimum absolute atomic E-state index is 0.313. The summed E-state index contributed by atoms with van der Waals surface area (Å²) in [5.41, 5.74) is 2.55. The topological polar surface area (TPSA) is 23.5 Å². The van der Waals surface area contributed by atoms with Crippen LogP contribution in [0.3, 0.4) is 0 Å². The quantitative estimate of drug-likeness (QED) is 0.857. The first-order chi connectivity index (χ1) is 9.24. The number of hydrogen-bond donors (Lipinski definition) is 1. The SMILES string of the molecule is CC(O)CN(Cc1ccccc1)Cc1ccccc1. The Kier molecular flexibility index (Phi) is 5.13. The van der Waals surface area contributed by atoms with E-state index in [4.69, 9.17) is 0 Å². The number of aliphatic hydroxyl groups excluding tert-OH is 1. The van der Waals surface area contributed by atoms with E-state index in [0.717, 1.165) is 13.1 Å². The summed E-state index contributed by atoms with van der Waals surface area (Å²) in [6.45, 7) is 4.24. The van der Waals surface area contributed by atoms with Gasteiger partial charge in [-0.1, -0.05) is 60.7 Å². The minimum Gasteiger partial charge on any atom is -0.392 e. The Hall–Kier alpha value is -1.64. The van der Waals surface area contributed by atoms with E-state index < -0.39 is 0 Å². The highest BCUT2D eigenvalue weighted by molar-refractivity contribution is 5.17. The van der Waals surface area contributed by atoms with Gasteiger partial charge in [-0.05, 0) is 18.1 Å². The van der Waals surface area contributed by atoms with Crippen LogP contribution in [0.15, 0.2) is 60.7 Å². The zero-order chi connectivity index (χ0) is 13.5. The first-order valence-electron chi connectivity index (χ1n) is 6.72. The Labute approximate surface area is 115 Å². The molecule has 0 radical (unpaired) electrons. The van der Waals surface area contributed by atoms with Gasteiger partial charge in [0.05, 0.1) is 6.10 Å². The number of hydrogen-bond acceptors (Lipinski definition) is 2. The number of benzene rings is 2. The number of rotatable bonds is 6. The Morgan fingerprint density at radius 2 is 1.26 bits per heavy atom. The third-order valence-corrected chi connectivity index (χ3v) is 3.02. The van der Waals surface area contributed by atoms with E-state index in [1.165, 1.54) is 11.1 Å². The summed E-state index contributed by atoms with van der Waals surface area (Å²) in [6, 6.07) is 20.8. The molecule has 2 rings (SSSR count). The van der Waals surface area contributed by atoms with Crippen molar-refractivity contribution in [2.45, 2.75) is 26.1 Å². The van der Waals surface area contributed by atoms with E-state index in [1.54, 1.807) is 0 Å². The standard InChI is InChI=1S/C17H21NO/c1-15(19)12-18(13-16-8-4-2-5-9-16)14-17-10-6-3-7-11-17/h2-11,15,19H,12-14H2,1H3. The molecule has 0 saturated heterocycles. The largest absolute Gasteiger partial charge is 0.392 e. The van der Waals surface area contributed by atoms with Gasteiger partial charge in [0.15, 0.2) is 0 Å². The van der Waals surface area contributed by atoms with Gasteiger partial charge in [-0.25, -0.2) is 0 Å². The maximum Gasteiger partial charge on any atom is 0.0639 e. The van der Waals surface area contributed by atoms with Crippen molar-refractivity contribution in [3.63, 3.8) is 0 Å². The third-order valence-electron chi connectivity index (χ3n) is 3.02. The van der Waals surface area contributed by atoms with Gasteiger partial charge in [0.25, 0.3) is 0 Å². The highest BCUT2D eigenvalue weighted by Gasteiger charge is 2.09. The molecule has 2 nitrogen and oxygen atoms in total. The highest BCUT2D eigenvalue weighted by Crippen LogP contribution is 2.10. The summed E-state index contributed by atoms with van der Waals surface area (Å²) < 4.78 is 0. The summed E-state index contributed by atoms with van der Waals surface area (Å²) in [4.78, 5) is 2.27. The van der Waals surface area contributed by atoms with Gasteiger partial charge in [0.1, 0.15) is 0 Å². The van der Waals surface area contributed by atoms with Crippen LogP contribution in [0.25, 0.3) is 0 Å². The van der Waals surface area contributed by atoms with E-state index in [2.05, 4.69) is 53.4 Å². The molecule has 2 aromatic rings. The van der Waals surface area contributed by atoms with Crippen LogP contribution in [-0.2, 0) is 13.1 Å². The zero-order valence-corrected chi connectivity index (χ0v) is 11.4. The van der Waals surface area contributed by atoms with E-state index in [0.29, 0.717) is 6.54 Å². The lowest BCUT2D eigenvalue weighted by molar-refractivity contribution is 0.118. The van der Waals surface area contributed by atoms with Crippen LogP contribution in [-0.4, -0.2) is 22.7 Å². The summed E-state index contributed by atoms with van der Waals surface area (Å²) >= 11 is 0. The second-order valence-corrected chi connectivity index (χ2v) is 4.99. The lowest BCUT2D eigenvalue weighted by Gasteiger charge is -2.24. The molecular formula is C17H21NO. The van der Waals surface area contributed by atoms with Crippen molar-refractivity contribution in [2.24, 2.45) is 0 Å². The fraction of sp³-hybridized carbons (Fsp3) is 0.294. The monoisotopic (exact) mass is 255 g/mol. The molecule has 0 amide bonds.